The molecule has 0 saturated heterocycles. The van der Waals surface area contributed by atoms with E-state index in [2.05, 4.69) is 34.7 Å². The number of rotatable bonds is 11. The van der Waals surface area contributed by atoms with Gasteiger partial charge in [0.2, 0.25) is 5.91 Å². The SMILES string of the molecule is CCn1c(SCC(=O)NCc2ccccc2)nnc1[C@H](CC(C)C)NC(=O)c1ccccc1Cl. The summed E-state index contributed by atoms with van der Waals surface area (Å²) in [6, 6.07) is 16.4. The fraction of sp³-hybridized carbons (Fsp3) is 0.360. The Kier molecular flexibility index (Phi) is 9.53. The van der Waals surface area contributed by atoms with Gasteiger partial charge in [-0.2, -0.15) is 0 Å². The normalized spacial score (nSPS) is 11.9. The molecule has 0 spiro atoms. The molecule has 2 amide bonds. The van der Waals surface area contributed by atoms with E-state index in [4.69, 9.17) is 11.6 Å². The molecule has 180 valence electrons. The minimum absolute atomic E-state index is 0.0770. The summed E-state index contributed by atoms with van der Waals surface area (Å²) in [5, 5.41) is 15.8. The lowest BCUT2D eigenvalue weighted by Crippen LogP contribution is -2.32. The summed E-state index contributed by atoms with van der Waals surface area (Å²) in [7, 11) is 0. The minimum Gasteiger partial charge on any atom is -0.351 e. The Hall–Kier alpha value is -2.84. The van der Waals surface area contributed by atoms with Crippen molar-refractivity contribution in [1.82, 2.24) is 25.4 Å². The Bertz CT molecular complexity index is 1100. The first kappa shape index (κ1) is 25.8. The van der Waals surface area contributed by atoms with Crippen LogP contribution in [0.15, 0.2) is 59.8 Å². The molecule has 0 bridgehead atoms. The Balaban J connectivity index is 1.69. The lowest BCUT2D eigenvalue weighted by Gasteiger charge is -2.21. The molecule has 2 aromatic carbocycles. The van der Waals surface area contributed by atoms with Gasteiger partial charge in [0.1, 0.15) is 0 Å². The van der Waals surface area contributed by atoms with Gasteiger partial charge in [-0.3, -0.25) is 9.59 Å². The number of carbonyl (C=O) groups is 2. The number of hydrogen-bond acceptors (Lipinski definition) is 5. The molecule has 0 aliphatic heterocycles. The fourth-order valence-electron chi connectivity index (χ4n) is 3.52. The summed E-state index contributed by atoms with van der Waals surface area (Å²) in [6.45, 7) is 7.28. The molecule has 0 aliphatic rings. The van der Waals surface area contributed by atoms with Crippen molar-refractivity contribution in [2.75, 3.05) is 5.75 Å². The number of halogens is 1. The molecule has 0 fully saturated rings. The molecule has 3 rings (SSSR count). The summed E-state index contributed by atoms with van der Waals surface area (Å²) < 4.78 is 1.95. The minimum atomic E-state index is -0.336. The van der Waals surface area contributed by atoms with Crippen LogP contribution < -0.4 is 10.6 Å². The second-order valence-electron chi connectivity index (χ2n) is 8.27. The maximum Gasteiger partial charge on any atom is 0.253 e. The largest absolute Gasteiger partial charge is 0.351 e. The number of benzene rings is 2. The van der Waals surface area contributed by atoms with Gasteiger partial charge in [0.05, 0.1) is 22.4 Å². The van der Waals surface area contributed by atoms with Gasteiger partial charge < -0.3 is 15.2 Å². The maximum absolute atomic E-state index is 12.9. The molecule has 0 unspecified atom stereocenters. The summed E-state index contributed by atoms with van der Waals surface area (Å²) in [5.41, 5.74) is 1.47. The van der Waals surface area contributed by atoms with Gasteiger partial charge in [-0.1, -0.05) is 79.7 Å². The Labute approximate surface area is 209 Å². The first-order valence-corrected chi connectivity index (χ1v) is 12.7. The van der Waals surface area contributed by atoms with Gasteiger partial charge >= 0.3 is 0 Å². The maximum atomic E-state index is 12.9. The number of nitrogens with one attached hydrogen (secondary N) is 2. The van der Waals surface area contributed by atoms with Crippen LogP contribution in [0.2, 0.25) is 5.02 Å². The number of amides is 2. The van der Waals surface area contributed by atoms with Crippen molar-refractivity contribution < 1.29 is 9.59 Å². The van der Waals surface area contributed by atoms with Gasteiger partial charge in [-0.05, 0) is 37.0 Å². The molecular formula is C25H30ClN5O2S. The van der Waals surface area contributed by atoms with E-state index in [0.717, 1.165) is 5.56 Å². The molecule has 7 nitrogen and oxygen atoms in total. The molecule has 3 aromatic rings. The van der Waals surface area contributed by atoms with E-state index in [1.165, 1.54) is 11.8 Å². The average molecular weight is 500 g/mol. The molecular weight excluding hydrogens is 470 g/mol. The van der Waals surface area contributed by atoms with Crippen molar-refractivity contribution in [2.24, 2.45) is 5.92 Å². The van der Waals surface area contributed by atoms with Gasteiger partial charge in [0.25, 0.3) is 5.91 Å². The lowest BCUT2D eigenvalue weighted by atomic mass is 10.0. The zero-order chi connectivity index (χ0) is 24.5. The summed E-state index contributed by atoms with van der Waals surface area (Å²) in [5.74, 6) is 0.886. The standard InChI is InChI=1S/C25H30ClN5O2S/c1-4-31-23(21(14-17(2)3)28-24(33)19-12-8-9-13-20(19)26)29-30-25(31)34-16-22(32)27-15-18-10-6-5-7-11-18/h5-13,17,21H,4,14-16H2,1-3H3,(H,27,32)(H,28,33)/t21-/m0/s1. The molecule has 34 heavy (non-hydrogen) atoms. The van der Waals surface area contributed by atoms with Crippen molar-refractivity contribution in [3.8, 4) is 0 Å². The first-order chi connectivity index (χ1) is 16.4. The second kappa shape index (κ2) is 12.6. The van der Waals surface area contributed by atoms with Crippen LogP contribution in [0.5, 0.6) is 0 Å². The van der Waals surface area contributed by atoms with E-state index in [0.29, 0.717) is 47.0 Å². The highest BCUT2D eigenvalue weighted by Crippen LogP contribution is 2.26. The molecule has 1 atom stereocenters. The zero-order valence-electron chi connectivity index (χ0n) is 19.6. The number of thioether (sulfide) groups is 1. The van der Waals surface area contributed by atoms with Crippen LogP contribution in [0.4, 0.5) is 0 Å². The number of aromatic nitrogens is 3. The fourth-order valence-corrected chi connectivity index (χ4v) is 4.58. The molecule has 9 heteroatoms. The van der Waals surface area contributed by atoms with Crippen LogP contribution in [0.25, 0.3) is 0 Å². The average Bonchev–Trinajstić information content (AvgIpc) is 3.24. The number of nitrogens with zero attached hydrogens (tertiary/aromatic N) is 3. The topological polar surface area (TPSA) is 88.9 Å². The predicted molar refractivity (Wildman–Crippen MR) is 136 cm³/mol. The second-order valence-corrected chi connectivity index (χ2v) is 9.62. The van der Waals surface area contributed by atoms with Crippen molar-refractivity contribution in [2.45, 2.75) is 51.5 Å². The Morgan fingerprint density at radius 1 is 1.06 bits per heavy atom. The highest BCUT2D eigenvalue weighted by atomic mass is 35.5. The third-order valence-corrected chi connectivity index (χ3v) is 6.47. The quantitative estimate of drug-likeness (QED) is 0.367. The van der Waals surface area contributed by atoms with Crippen LogP contribution in [-0.4, -0.2) is 32.3 Å². The summed E-state index contributed by atoms with van der Waals surface area (Å²) >= 11 is 7.55. The molecule has 1 aromatic heterocycles. The van der Waals surface area contributed by atoms with Gasteiger partial charge in [0, 0.05) is 13.1 Å². The molecule has 0 aliphatic carbocycles. The Morgan fingerprint density at radius 3 is 2.44 bits per heavy atom. The zero-order valence-corrected chi connectivity index (χ0v) is 21.2. The van der Waals surface area contributed by atoms with E-state index < -0.39 is 0 Å². The first-order valence-electron chi connectivity index (χ1n) is 11.3. The van der Waals surface area contributed by atoms with Crippen molar-refractivity contribution >= 4 is 35.2 Å². The van der Waals surface area contributed by atoms with E-state index in [-0.39, 0.29) is 23.6 Å². The summed E-state index contributed by atoms with van der Waals surface area (Å²) in [4.78, 5) is 25.3. The van der Waals surface area contributed by atoms with Crippen LogP contribution in [0.1, 0.15) is 55.0 Å². The highest BCUT2D eigenvalue weighted by Gasteiger charge is 2.25. The molecule has 1 heterocycles. The van der Waals surface area contributed by atoms with E-state index in [1.54, 1.807) is 24.3 Å². The van der Waals surface area contributed by atoms with Gasteiger partial charge in [-0.25, -0.2) is 0 Å². The number of carbonyl (C=O) groups excluding carboxylic acids is 2. The van der Waals surface area contributed by atoms with Gasteiger partial charge in [0.15, 0.2) is 11.0 Å². The monoisotopic (exact) mass is 499 g/mol. The highest BCUT2D eigenvalue weighted by molar-refractivity contribution is 7.99. The Morgan fingerprint density at radius 2 is 1.76 bits per heavy atom. The van der Waals surface area contributed by atoms with Crippen molar-refractivity contribution in [1.29, 1.82) is 0 Å². The van der Waals surface area contributed by atoms with Gasteiger partial charge in [-0.15, -0.1) is 10.2 Å². The third-order valence-electron chi connectivity index (χ3n) is 5.17. The van der Waals surface area contributed by atoms with E-state index in [9.17, 15) is 9.59 Å². The summed E-state index contributed by atoms with van der Waals surface area (Å²) in [6.07, 6.45) is 0.691. The van der Waals surface area contributed by atoms with Crippen molar-refractivity contribution in [3.63, 3.8) is 0 Å². The predicted octanol–water partition coefficient (Wildman–Crippen LogP) is 4.88. The van der Waals surface area contributed by atoms with Crippen LogP contribution in [0.3, 0.4) is 0 Å². The molecule has 0 radical (unpaired) electrons. The smallest absolute Gasteiger partial charge is 0.253 e. The van der Waals surface area contributed by atoms with Crippen LogP contribution in [0, 0.1) is 5.92 Å². The number of hydrogen-bond donors (Lipinski definition) is 2. The lowest BCUT2D eigenvalue weighted by molar-refractivity contribution is -0.118. The van der Waals surface area contributed by atoms with Crippen LogP contribution >= 0.6 is 23.4 Å². The van der Waals surface area contributed by atoms with E-state index >= 15 is 0 Å². The van der Waals surface area contributed by atoms with Crippen LogP contribution in [-0.2, 0) is 17.9 Å². The third kappa shape index (κ3) is 7.08. The molecule has 2 N–H and O–H groups in total. The van der Waals surface area contributed by atoms with Crippen molar-refractivity contribution in [3.05, 3.63) is 76.6 Å². The molecule has 0 saturated carbocycles. The van der Waals surface area contributed by atoms with E-state index in [1.807, 2.05) is 41.8 Å².